The van der Waals surface area contributed by atoms with Crippen LogP contribution >= 0.6 is 12.2 Å². The number of rotatable bonds is 5. The van der Waals surface area contributed by atoms with E-state index in [9.17, 15) is 4.79 Å². The van der Waals surface area contributed by atoms with E-state index < -0.39 is 24.5 Å². The predicted molar refractivity (Wildman–Crippen MR) is 104 cm³/mol. The van der Waals surface area contributed by atoms with Crippen LogP contribution in [0.25, 0.3) is 0 Å². The first kappa shape index (κ1) is 18.1. The van der Waals surface area contributed by atoms with Crippen molar-refractivity contribution in [2.24, 2.45) is 0 Å². The number of hydrogen-bond donors (Lipinski definition) is 0. The van der Waals surface area contributed by atoms with Crippen LogP contribution in [0.15, 0.2) is 60.7 Å². The number of fused-ring (bicyclic) bond motifs is 2. The molecule has 4 rings (SSSR count). The van der Waals surface area contributed by atoms with Crippen LogP contribution in [0.1, 0.15) is 11.1 Å². The van der Waals surface area contributed by atoms with Gasteiger partial charge in [-0.2, -0.15) is 0 Å². The van der Waals surface area contributed by atoms with Crippen molar-refractivity contribution in [1.29, 1.82) is 0 Å². The van der Waals surface area contributed by atoms with Crippen LogP contribution in [0, 0.1) is 0 Å². The van der Waals surface area contributed by atoms with Gasteiger partial charge in [0.15, 0.2) is 12.4 Å². The van der Waals surface area contributed by atoms with Gasteiger partial charge in [0.1, 0.15) is 11.1 Å². The number of ether oxygens (including phenoxy) is 3. The molecule has 0 N–H and O–H groups in total. The third kappa shape index (κ3) is 3.60. The lowest BCUT2D eigenvalue weighted by atomic mass is 10.0. The zero-order valence-electron chi connectivity index (χ0n) is 15.0. The van der Waals surface area contributed by atoms with Crippen molar-refractivity contribution in [2.75, 3.05) is 7.11 Å². The fourth-order valence-corrected chi connectivity index (χ4v) is 4.02. The van der Waals surface area contributed by atoms with Crippen molar-refractivity contribution in [3.63, 3.8) is 0 Å². The number of carbonyl (C=O) groups excluding carboxylic acids is 1. The van der Waals surface area contributed by atoms with E-state index in [0.29, 0.717) is 18.0 Å². The average molecular weight is 383 g/mol. The molecular weight excluding hydrogens is 362 g/mol. The summed E-state index contributed by atoms with van der Waals surface area (Å²) in [5.74, 6) is -0.454. The van der Waals surface area contributed by atoms with Gasteiger partial charge in [-0.15, -0.1) is 0 Å². The van der Waals surface area contributed by atoms with E-state index in [0.717, 1.165) is 11.1 Å². The number of morpholine rings is 1. The highest BCUT2D eigenvalue weighted by Gasteiger charge is 2.53. The van der Waals surface area contributed by atoms with Crippen LogP contribution in [-0.4, -0.2) is 47.5 Å². The summed E-state index contributed by atoms with van der Waals surface area (Å²) in [7, 11) is 1.35. The summed E-state index contributed by atoms with van der Waals surface area (Å²) in [6.07, 6.45) is -1.23. The van der Waals surface area contributed by atoms with Gasteiger partial charge in [0, 0.05) is 6.54 Å². The third-order valence-corrected chi connectivity index (χ3v) is 5.46. The fraction of sp³-hybridized carbons (Fsp3) is 0.333. The molecule has 2 fully saturated rings. The lowest BCUT2D eigenvalue weighted by molar-refractivity contribution is -0.157. The van der Waals surface area contributed by atoms with Crippen LogP contribution in [0.3, 0.4) is 0 Å². The monoisotopic (exact) mass is 383 g/mol. The second-order valence-electron chi connectivity index (χ2n) is 6.71. The molecule has 2 aliphatic heterocycles. The van der Waals surface area contributed by atoms with Crippen LogP contribution in [0.5, 0.6) is 0 Å². The number of hydrogen-bond acceptors (Lipinski definition) is 5. The molecule has 2 heterocycles. The SMILES string of the molecule is COC(=O)[C@@H]1O[C@@H]2O[C@H]1C(=S)N(Cc1ccccc1)[C@H]2Cc1ccccc1. The molecule has 27 heavy (non-hydrogen) atoms. The first-order valence-electron chi connectivity index (χ1n) is 8.94. The number of benzene rings is 2. The molecule has 0 spiro atoms. The summed E-state index contributed by atoms with van der Waals surface area (Å²) in [6.45, 7) is 0.644. The van der Waals surface area contributed by atoms with Crippen LogP contribution in [0.2, 0.25) is 0 Å². The molecule has 0 aromatic heterocycles. The topological polar surface area (TPSA) is 48.0 Å². The quantitative estimate of drug-likeness (QED) is 0.585. The van der Waals surface area contributed by atoms with Crippen molar-refractivity contribution in [2.45, 2.75) is 37.5 Å². The van der Waals surface area contributed by atoms with Gasteiger partial charge in [-0.05, 0) is 17.5 Å². The number of nitrogens with zero attached hydrogens (tertiary/aromatic N) is 1. The number of methoxy groups -OCH3 is 1. The molecule has 0 amide bonds. The molecule has 0 aliphatic carbocycles. The van der Waals surface area contributed by atoms with Gasteiger partial charge in [0.25, 0.3) is 0 Å². The molecule has 2 saturated heterocycles. The summed E-state index contributed by atoms with van der Waals surface area (Å²) in [5.41, 5.74) is 2.31. The first-order chi connectivity index (χ1) is 13.2. The standard InChI is InChI=1S/C21H21NO4S/c1-24-20(23)18-17-19(27)22(13-15-10-6-3-7-11-15)16(21(25-17)26-18)12-14-8-4-2-5-9-14/h2-11,16-18,21H,12-13H2,1H3/t16-,17+,18+,21-/m0/s1. The van der Waals surface area contributed by atoms with E-state index in [1.807, 2.05) is 36.4 Å². The Labute approximate surface area is 163 Å². The van der Waals surface area contributed by atoms with Crippen LogP contribution < -0.4 is 0 Å². The van der Waals surface area contributed by atoms with Crippen LogP contribution in [0.4, 0.5) is 0 Å². The van der Waals surface area contributed by atoms with Crippen molar-refractivity contribution < 1.29 is 19.0 Å². The lowest BCUT2D eigenvalue weighted by Gasteiger charge is -2.40. The molecule has 0 saturated carbocycles. The zero-order chi connectivity index (χ0) is 18.8. The molecule has 0 unspecified atom stereocenters. The zero-order valence-corrected chi connectivity index (χ0v) is 15.8. The molecule has 140 valence electrons. The Morgan fingerprint density at radius 3 is 2.30 bits per heavy atom. The second-order valence-corrected chi connectivity index (χ2v) is 7.13. The average Bonchev–Trinajstić information content (AvgIpc) is 3.12. The minimum absolute atomic E-state index is 0.119. The molecule has 5 nitrogen and oxygen atoms in total. The number of carbonyl (C=O) groups is 1. The normalized spacial score (nSPS) is 26.9. The fourth-order valence-electron chi connectivity index (χ4n) is 3.64. The van der Waals surface area contributed by atoms with Gasteiger partial charge in [0.05, 0.1) is 13.2 Å². The van der Waals surface area contributed by atoms with E-state index in [1.54, 1.807) is 0 Å². The maximum absolute atomic E-state index is 12.1. The molecule has 2 bridgehead atoms. The Bertz CT molecular complexity index is 813. The smallest absolute Gasteiger partial charge is 0.338 e. The van der Waals surface area contributed by atoms with Gasteiger partial charge < -0.3 is 19.1 Å². The summed E-state index contributed by atoms with van der Waals surface area (Å²) >= 11 is 5.72. The highest BCUT2D eigenvalue weighted by atomic mass is 32.1. The van der Waals surface area contributed by atoms with Gasteiger partial charge in [-0.1, -0.05) is 72.9 Å². The first-order valence-corrected chi connectivity index (χ1v) is 9.35. The lowest BCUT2D eigenvalue weighted by Crippen LogP contribution is -2.55. The van der Waals surface area contributed by atoms with E-state index >= 15 is 0 Å². The maximum Gasteiger partial charge on any atom is 0.338 e. The molecular formula is C21H21NO4S. The van der Waals surface area contributed by atoms with E-state index in [2.05, 4.69) is 29.2 Å². The largest absolute Gasteiger partial charge is 0.467 e. The molecule has 2 aromatic carbocycles. The Morgan fingerprint density at radius 2 is 1.67 bits per heavy atom. The van der Waals surface area contributed by atoms with Crippen molar-refractivity contribution in [3.05, 3.63) is 71.8 Å². The van der Waals surface area contributed by atoms with Gasteiger partial charge >= 0.3 is 5.97 Å². The van der Waals surface area contributed by atoms with E-state index in [1.165, 1.54) is 7.11 Å². The molecule has 0 radical (unpaired) electrons. The van der Waals surface area contributed by atoms with Crippen LogP contribution in [-0.2, 0) is 32.0 Å². The minimum atomic E-state index is -0.813. The van der Waals surface area contributed by atoms with Gasteiger partial charge in [-0.25, -0.2) is 4.79 Å². The maximum atomic E-state index is 12.1. The molecule has 6 heteroatoms. The highest BCUT2D eigenvalue weighted by molar-refractivity contribution is 7.80. The Morgan fingerprint density at radius 1 is 1.04 bits per heavy atom. The summed E-state index contributed by atoms with van der Waals surface area (Å²) < 4.78 is 16.8. The van der Waals surface area contributed by atoms with Crippen molar-refractivity contribution >= 4 is 23.2 Å². The summed E-state index contributed by atoms with van der Waals surface area (Å²) in [6, 6.07) is 20.2. The summed E-state index contributed by atoms with van der Waals surface area (Å²) in [4.78, 5) is 14.9. The number of esters is 1. The van der Waals surface area contributed by atoms with E-state index in [-0.39, 0.29) is 6.04 Å². The number of thiocarbonyl (C=S) groups is 1. The van der Waals surface area contributed by atoms with Crippen molar-refractivity contribution in [3.8, 4) is 0 Å². The molecule has 2 aromatic rings. The summed E-state index contributed by atoms with van der Waals surface area (Å²) in [5, 5.41) is 0. The molecule has 4 atom stereocenters. The Balaban J connectivity index is 1.64. The predicted octanol–water partition coefficient (Wildman–Crippen LogP) is 2.72. The molecule has 2 aliphatic rings. The van der Waals surface area contributed by atoms with Crippen molar-refractivity contribution in [1.82, 2.24) is 4.90 Å². The van der Waals surface area contributed by atoms with Gasteiger partial charge in [-0.3, -0.25) is 0 Å². The Hall–Kier alpha value is -2.28. The van der Waals surface area contributed by atoms with E-state index in [4.69, 9.17) is 26.4 Å². The second kappa shape index (κ2) is 7.76. The van der Waals surface area contributed by atoms with Gasteiger partial charge in [0.2, 0.25) is 0 Å². The highest BCUT2D eigenvalue weighted by Crippen LogP contribution is 2.35. The Kier molecular flexibility index (Phi) is 5.20. The third-order valence-electron chi connectivity index (χ3n) is 4.99. The minimum Gasteiger partial charge on any atom is -0.467 e.